The fourth-order valence-corrected chi connectivity index (χ4v) is 3.59. The summed E-state index contributed by atoms with van der Waals surface area (Å²) in [5.74, 6) is -1.14. The molecule has 3 nitrogen and oxygen atoms in total. The zero-order chi connectivity index (χ0) is 25.3. The van der Waals surface area contributed by atoms with Crippen LogP contribution < -0.4 is 5.32 Å². The highest BCUT2D eigenvalue weighted by molar-refractivity contribution is 6.33. The van der Waals surface area contributed by atoms with Gasteiger partial charge in [-0.15, -0.1) is 12.4 Å². The molecule has 0 bridgehead atoms. The number of nitrogens with one attached hydrogen (secondary N) is 1. The predicted molar refractivity (Wildman–Crippen MR) is 123 cm³/mol. The summed E-state index contributed by atoms with van der Waals surface area (Å²) in [6.07, 6.45) is -7.34. The molecule has 1 heterocycles. The van der Waals surface area contributed by atoms with Gasteiger partial charge in [-0.05, 0) is 41.5 Å². The lowest BCUT2D eigenvalue weighted by Gasteiger charge is -2.25. The van der Waals surface area contributed by atoms with Crippen LogP contribution in [0.2, 0.25) is 5.02 Å². The van der Waals surface area contributed by atoms with Crippen molar-refractivity contribution in [2.45, 2.75) is 32.2 Å². The fraction of sp³-hybridized carbons (Fsp3) is 0.250. The van der Waals surface area contributed by atoms with E-state index in [0.717, 1.165) is 0 Å². The molecule has 3 aromatic rings. The van der Waals surface area contributed by atoms with Gasteiger partial charge in [0, 0.05) is 34.5 Å². The number of rotatable bonds is 5. The number of hydrogen-bond acceptors (Lipinski definition) is 2. The molecule has 0 aliphatic heterocycles. The van der Waals surface area contributed by atoms with Crippen LogP contribution in [0.1, 0.15) is 42.1 Å². The zero-order valence-electron chi connectivity index (χ0n) is 18.3. The number of carbonyl (C=O) groups is 1. The number of benzene rings is 2. The van der Waals surface area contributed by atoms with Crippen LogP contribution in [0.15, 0.2) is 60.9 Å². The Morgan fingerprint density at radius 1 is 0.914 bits per heavy atom. The Kier molecular flexibility index (Phi) is 8.84. The highest BCUT2D eigenvalue weighted by Crippen LogP contribution is 2.40. The number of alkyl halides is 6. The Morgan fingerprint density at radius 2 is 1.49 bits per heavy atom. The van der Waals surface area contributed by atoms with Gasteiger partial charge in [-0.2, -0.15) is 26.3 Å². The van der Waals surface area contributed by atoms with Crippen molar-refractivity contribution in [2.24, 2.45) is 5.92 Å². The van der Waals surface area contributed by atoms with E-state index >= 15 is 0 Å². The molecular formula is C24H20Cl2F6N2O. The number of halogens is 8. The lowest BCUT2D eigenvalue weighted by molar-refractivity contribution is -0.143. The van der Waals surface area contributed by atoms with E-state index in [1.54, 1.807) is 38.1 Å². The van der Waals surface area contributed by atoms with E-state index in [-0.39, 0.29) is 29.6 Å². The van der Waals surface area contributed by atoms with Gasteiger partial charge in [-0.25, -0.2) is 0 Å². The van der Waals surface area contributed by atoms with E-state index < -0.39 is 41.3 Å². The Morgan fingerprint density at radius 3 is 2.00 bits per heavy atom. The second-order valence-corrected chi connectivity index (χ2v) is 8.29. The largest absolute Gasteiger partial charge is 0.416 e. The van der Waals surface area contributed by atoms with E-state index in [4.69, 9.17) is 11.6 Å². The molecule has 3 rings (SSSR count). The lowest BCUT2D eigenvalue weighted by atomic mass is 9.90. The van der Waals surface area contributed by atoms with Crippen molar-refractivity contribution in [3.63, 3.8) is 0 Å². The molecule has 1 unspecified atom stereocenters. The summed E-state index contributed by atoms with van der Waals surface area (Å²) in [4.78, 5) is 16.6. The van der Waals surface area contributed by atoms with Crippen LogP contribution >= 0.6 is 24.0 Å². The highest BCUT2D eigenvalue weighted by Gasteiger charge is 2.38. The van der Waals surface area contributed by atoms with Crippen LogP contribution in [0.4, 0.5) is 26.3 Å². The third-order valence-electron chi connectivity index (χ3n) is 5.08. The number of hydrogen-bond donors (Lipinski definition) is 1. The van der Waals surface area contributed by atoms with Crippen LogP contribution in [0.25, 0.3) is 11.1 Å². The third-order valence-corrected chi connectivity index (χ3v) is 5.41. The summed E-state index contributed by atoms with van der Waals surface area (Å²) in [5.41, 5.74) is -2.28. The van der Waals surface area contributed by atoms with Crippen LogP contribution in [0.3, 0.4) is 0 Å². The quantitative estimate of drug-likeness (QED) is 0.339. The van der Waals surface area contributed by atoms with Crippen molar-refractivity contribution in [1.82, 2.24) is 10.3 Å². The number of carbonyl (C=O) groups excluding carboxylic acids is 1. The maximum absolute atomic E-state index is 13.5. The molecule has 0 spiro atoms. The molecular weight excluding hydrogens is 517 g/mol. The molecule has 0 radical (unpaired) electrons. The minimum Gasteiger partial charge on any atom is -0.345 e. The summed E-state index contributed by atoms with van der Waals surface area (Å²) in [6, 6.07) is 7.92. The zero-order valence-corrected chi connectivity index (χ0v) is 19.9. The second-order valence-electron chi connectivity index (χ2n) is 7.88. The summed E-state index contributed by atoms with van der Waals surface area (Å²) in [5, 5.41) is 2.89. The normalized spacial score (nSPS) is 12.7. The molecule has 0 saturated carbocycles. The molecule has 11 heteroatoms. The number of amides is 1. The topological polar surface area (TPSA) is 42.0 Å². The van der Waals surface area contributed by atoms with Crippen LogP contribution in [0.5, 0.6) is 0 Å². The van der Waals surface area contributed by atoms with Crippen LogP contribution in [-0.4, -0.2) is 10.9 Å². The lowest BCUT2D eigenvalue weighted by Crippen LogP contribution is -2.33. The van der Waals surface area contributed by atoms with Crippen molar-refractivity contribution in [3.8, 4) is 11.1 Å². The second kappa shape index (κ2) is 10.9. The molecule has 188 valence electrons. The average Bonchev–Trinajstić information content (AvgIpc) is 2.76. The van der Waals surface area contributed by atoms with Gasteiger partial charge in [0.15, 0.2) is 0 Å². The van der Waals surface area contributed by atoms with E-state index in [1.165, 1.54) is 18.5 Å². The smallest absolute Gasteiger partial charge is 0.345 e. The number of aromatic nitrogens is 1. The summed E-state index contributed by atoms with van der Waals surface area (Å²) >= 11 is 6.30. The van der Waals surface area contributed by atoms with Gasteiger partial charge in [0.2, 0.25) is 5.91 Å². The minimum absolute atomic E-state index is 0. The molecule has 0 aliphatic carbocycles. The van der Waals surface area contributed by atoms with E-state index in [0.29, 0.717) is 28.3 Å². The first-order valence-electron chi connectivity index (χ1n) is 10.1. The maximum atomic E-state index is 13.5. The Bertz CT molecular complexity index is 1160. The van der Waals surface area contributed by atoms with Crippen LogP contribution in [0, 0.1) is 5.92 Å². The molecule has 1 N–H and O–H groups in total. The summed E-state index contributed by atoms with van der Waals surface area (Å²) in [6.45, 7) is 3.11. The number of pyridine rings is 1. The molecule has 35 heavy (non-hydrogen) atoms. The molecule has 2 aromatic carbocycles. The molecule has 1 atom stereocenters. The summed E-state index contributed by atoms with van der Waals surface area (Å²) < 4.78 is 81.0. The van der Waals surface area contributed by atoms with Crippen molar-refractivity contribution in [1.29, 1.82) is 0 Å². The summed E-state index contributed by atoms with van der Waals surface area (Å²) in [7, 11) is 0. The van der Waals surface area contributed by atoms with Gasteiger partial charge >= 0.3 is 12.4 Å². The first-order valence-corrected chi connectivity index (χ1v) is 10.5. The third kappa shape index (κ3) is 6.67. The van der Waals surface area contributed by atoms with Crippen molar-refractivity contribution < 1.29 is 31.1 Å². The van der Waals surface area contributed by atoms with E-state index in [9.17, 15) is 31.1 Å². The Hall–Kier alpha value is -2.78. The first kappa shape index (κ1) is 28.5. The van der Waals surface area contributed by atoms with Crippen molar-refractivity contribution >= 4 is 29.9 Å². The van der Waals surface area contributed by atoms with Gasteiger partial charge in [0.1, 0.15) is 0 Å². The average molecular weight is 537 g/mol. The van der Waals surface area contributed by atoms with E-state index in [2.05, 4.69) is 10.3 Å². The molecule has 0 aliphatic rings. The molecule has 1 amide bonds. The Balaban J connectivity index is 0.00000432. The van der Waals surface area contributed by atoms with Crippen LogP contribution in [-0.2, 0) is 17.1 Å². The monoisotopic (exact) mass is 536 g/mol. The molecule has 0 fully saturated rings. The van der Waals surface area contributed by atoms with Gasteiger partial charge in [-0.3, -0.25) is 9.78 Å². The Labute approximate surface area is 208 Å². The van der Waals surface area contributed by atoms with Gasteiger partial charge in [-0.1, -0.05) is 43.6 Å². The first-order chi connectivity index (χ1) is 15.8. The number of nitrogens with zero attached hydrogens (tertiary/aromatic N) is 1. The van der Waals surface area contributed by atoms with Gasteiger partial charge in [0.05, 0.1) is 17.2 Å². The fourth-order valence-electron chi connectivity index (χ4n) is 3.36. The van der Waals surface area contributed by atoms with Gasteiger partial charge in [0.25, 0.3) is 0 Å². The van der Waals surface area contributed by atoms with E-state index in [1.807, 2.05) is 0 Å². The highest BCUT2D eigenvalue weighted by atomic mass is 35.5. The van der Waals surface area contributed by atoms with Crippen molar-refractivity contribution in [2.75, 3.05) is 0 Å². The standard InChI is InChI=1S/C24H19ClF6N2O.ClH/c1-13(2)22(34)33-21(14-9-15(23(26,27)28)11-16(10-14)24(29,30)31)18-7-8-32-12-19(18)17-5-3-4-6-20(17)25;/h3-13,21H,1-2H3,(H,33,34);1H. The molecule has 1 aromatic heterocycles. The SMILES string of the molecule is CC(C)C(=O)NC(c1cc(C(F)(F)F)cc(C(F)(F)F)c1)c1ccncc1-c1ccccc1Cl.Cl. The minimum atomic E-state index is -5.04. The predicted octanol–water partition coefficient (Wildman–Crippen LogP) is 7.72. The van der Waals surface area contributed by atoms with Gasteiger partial charge < -0.3 is 5.32 Å². The maximum Gasteiger partial charge on any atom is 0.416 e. The molecule has 0 saturated heterocycles. The van der Waals surface area contributed by atoms with Crippen molar-refractivity contribution in [3.05, 3.63) is 88.2 Å².